The van der Waals surface area contributed by atoms with Gasteiger partial charge >= 0.3 is 0 Å². The minimum Gasteiger partial charge on any atom is -0.349 e. The fourth-order valence-electron chi connectivity index (χ4n) is 1.63. The van der Waals surface area contributed by atoms with Crippen molar-refractivity contribution >= 4 is 5.91 Å². The summed E-state index contributed by atoms with van der Waals surface area (Å²) in [7, 11) is 0. The molecule has 1 aromatic rings. The van der Waals surface area contributed by atoms with Gasteiger partial charge in [0.15, 0.2) is 0 Å². The summed E-state index contributed by atoms with van der Waals surface area (Å²) in [6.45, 7) is 10.2. The molecular formula is C15H23NO. The van der Waals surface area contributed by atoms with Gasteiger partial charge in [0.2, 0.25) is 5.91 Å². The lowest BCUT2D eigenvalue weighted by Crippen LogP contribution is -2.30. The summed E-state index contributed by atoms with van der Waals surface area (Å²) >= 11 is 0. The van der Waals surface area contributed by atoms with Gasteiger partial charge in [-0.25, -0.2) is 0 Å². The standard InChI is InChI=1S/C15H23NO/c1-10(2)13-6-8-14(9-7-13)12(5)16-15(17)11(3)4/h6-12H,1-5H3,(H,16,17)/t12-/m0/s1. The minimum atomic E-state index is 0.0346. The van der Waals surface area contributed by atoms with Crippen LogP contribution in [-0.2, 0) is 4.79 Å². The van der Waals surface area contributed by atoms with E-state index in [4.69, 9.17) is 0 Å². The number of hydrogen-bond donors (Lipinski definition) is 1. The Balaban J connectivity index is 2.70. The predicted molar refractivity (Wildman–Crippen MR) is 71.9 cm³/mol. The second-order valence-corrected chi connectivity index (χ2v) is 5.21. The Bertz CT molecular complexity index is 365. The highest BCUT2D eigenvalue weighted by Crippen LogP contribution is 2.18. The van der Waals surface area contributed by atoms with Gasteiger partial charge in [0.25, 0.3) is 0 Å². The first-order valence-corrected chi connectivity index (χ1v) is 6.32. The maximum atomic E-state index is 11.6. The van der Waals surface area contributed by atoms with Crippen molar-refractivity contribution in [3.63, 3.8) is 0 Å². The van der Waals surface area contributed by atoms with E-state index in [9.17, 15) is 4.79 Å². The van der Waals surface area contributed by atoms with Gasteiger partial charge < -0.3 is 5.32 Å². The van der Waals surface area contributed by atoms with E-state index >= 15 is 0 Å². The Morgan fingerprint density at radius 1 is 0.941 bits per heavy atom. The van der Waals surface area contributed by atoms with E-state index in [1.54, 1.807) is 0 Å². The number of nitrogens with one attached hydrogen (secondary N) is 1. The van der Waals surface area contributed by atoms with Gasteiger partial charge in [-0.05, 0) is 24.0 Å². The van der Waals surface area contributed by atoms with Crippen molar-refractivity contribution in [2.45, 2.75) is 46.6 Å². The molecule has 0 unspecified atom stereocenters. The molecule has 17 heavy (non-hydrogen) atoms. The van der Waals surface area contributed by atoms with E-state index in [0.717, 1.165) is 5.56 Å². The van der Waals surface area contributed by atoms with Crippen molar-refractivity contribution in [2.24, 2.45) is 5.92 Å². The quantitative estimate of drug-likeness (QED) is 0.845. The zero-order valence-corrected chi connectivity index (χ0v) is 11.4. The second kappa shape index (κ2) is 5.85. The third kappa shape index (κ3) is 3.88. The van der Waals surface area contributed by atoms with Crippen LogP contribution >= 0.6 is 0 Å². The molecule has 94 valence electrons. The molecule has 0 aromatic heterocycles. The van der Waals surface area contributed by atoms with Crippen LogP contribution in [-0.4, -0.2) is 5.91 Å². The van der Waals surface area contributed by atoms with Crippen LogP contribution in [0.2, 0.25) is 0 Å². The fourth-order valence-corrected chi connectivity index (χ4v) is 1.63. The maximum absolute atomic E-state index is 11.6. The van der Waals surface area contributed by atoms with Gasteiger partial charge in [-0.2, -0.15) is 0 Å². The molecule has 1 rings (SSSR count). The molecule has 0 heterocycles. The lowest BCUT2D eigenvalue weighted by Gasteiger charge is -2.16. The molecular weight excluding hydrogens is 210 g/mol. The third-order valence-corrected chi connectivity index (χ3v) is 2.99. The summed E-state index contributed by atoms with van der Waals surface area (Å²) in [5.41, 5.74) is 2.49. The molecule has 1 atom stereocenters. The Morgan fingerprint density at radius 2 is 1.41 bits per heavy atom. The highest BCUT2D eigenvalue weighted by Gasteiger charge is 2.12. The third-order valence-electron chi connectivity index (χ3n) is 2.99. The molecule has 1 N–H and O–H groups in total. The van der Waals surface area contributed by atoms with E-state index in [0.29, 0.717) is 5.92 Å². The Morgan fingerprint density at radius 3 is 1.82 bits per heavy atom. The van der Waals surface area contributed by atoms with Crippen LogP contribution in [0.25, 0.3) is 0 Å². The summed E-state index contributed by atoms with van der Waals surface area (Å²) in [6, 6.07) is 8.54. The molecule has 0 saturated carbocycles. The van der Waals surface area contributed by atoms with Crippen LogP contribution in [0.15, 0.2) is 24.3 Å². The van der Waals surface area contributed by atoms with Crippen LogP contribution in [0.4, 0.5) is 0 Å². The molecule has 0 aliphatic rings. The van der Waals surface area contributed by atoms with Crippen molar-refractivity contribution in [1.82, 2.24) is 5.32 Å². The van der Waals surface area contributed by atoms with Crippen LogP contribution < -0.4 is 5.32 Å². The molecule has 2 nitrogen and oxygen atoms in total. The molecule has 0 aliphatic heterocycles. The maximum Gasteiger partial charge on any atom is 0.223 e. The average Bonchev–Trinajstić information content (AvgIpc) is 2.28. The lowest BCUT2D eigenvalue weighted by atomic mass is 9.99. The van der Waals surface area contributed by atoms with Crippen LogP contribution in [0.3, 0.4) is 0 Å². The van der Waals surface area contributed by atoms with Crippen molar-refractivity contribution in [2.75, 3.05) is 0 Å². The molecule has 2 heteroatoms. The largest absolute Gasteiger partial charge is 0.349 e. The van der Waals surface area contributed by atoms with Gasteiger partial charge in [0, 0.05) is 5.92 Å². The van der Waals surface area contributed by atoms with Gasteiger partial charge in [-0.1, -0.05) is 52.0 Å². The zero-order chi connectivity index (χ0) is 13.0. The summed E-state index contributed by atoms with van der Waals surface area (Å²) in [5, 5.41) is 3.01. The first-order chi connectivity index (χ1) is 7.91. The number of benzene rings is 1. The Kier molecular flexibility index (Phi) is 4.73. The van der Waals surface area contributed by atoms with Crippen LogP contribution in [0.1, 0.15) is 57.7 Å². The molecule has 1 amide bonds. The molecule has 0 fully saturated rings. The highest BCUT2D eigenvalue weighted by molar-refractivity contribution is 5.78. The van der Waals surface area contributed by atoms with E-state index in [1.165, 1.54) is 5.56 Å². The monoisotopic (exact) mass is 233 g/mol. The summed E-state index contributed by atoms with van der Waals surface area (Å²) < 4.78 is 0. The normalized spacial score (nSPS) is 12.9. The van der Waals surface area contributed by atoms with E-state index in [-0.39, 0.29) is 17.9 Å². The molecule has 0 saturated heterocycles. The molecule has 0 aliphatic carbocycles. The average molecular weight is 233 g/mol. The lowest BCUT2D eigenvalue weighted by molar-refractivity contribution is -0.124. The smallest absolute Gasteiger partial charge is 0.223 e. The van der Waals surface area contributed by atoms with Crippen LogP contribution in [0.5, 0.6) is 0 Å². The Hall–Kier alpha value is -1.31. The highest BCUT2D eigenvalue weighted by atomic mass is 16.1. The molecule has 1 aromatic carbocycles. The van der Waals surface area contributed by atoms with Crippen LogP contribution in [0, 0.1) is 5.92 Å². The Labute approximate surface area is 104 Å². The second-order valence-electron chi connectivity index (χ2n) is 5.21. The van der Waals surface area contributed by atoms with Crippen molar-refractivity contribution in [3.8, 4) is 0 Å². The summed E-state index contributed by atoms with van der Waals surface area (Å²) in [5.74, 6) is 0.683. The van der Waals surface area contributed by atoms with E-state index < -0.39 is 0 Å². The van der Waals surface area contributed by atoms with E-state index in [1.807, 2.05) is 20.8 Å². The summed E-state index contributed by atoms with van der Waals surface area (Å²) in [4.78, 5) is 11.6. The number of hydrogen-bond acceptors (Lipinski definition) is 1. The van der Waals surface area contributed by atoms with E-state index in [2.05, 4.69) is 43.4 Å². The SMILES string of the molecule is CC(C)C(=O)N[C@@H](C)c1ccc(C(C)C)cc1. The van der Waals surface area contributed by atoms with Gasteiger partial charge in [0.1, 0.15) is 0 Å². The van der Waals surface area contributed by atoms with Crippen molar-refractivity contribution < 1.29 is 4.79 Å². The minimum absolute atomic E-state index is 0.0346. The van der Waals surface area contributed by atoms with Gasteiger partial charge in [0.05, 0.1) is 6.04 Å². The van der Waals surface area contributed by atoms with Gasteiger partial charge in [-0.15, -0.1) is 0 Å². The molecule has 0 radical (unpaired) electrons. The van der Waals surface area contributed by atoms with Crippen molar-refractivity contribution in [3.05, 3.63) is 35.4 Å². The van der Waals surface area contributed by atoms with Gasteiger partial charge in [-0.3, -0.25) is 4.79 Å². The predicted octanol–water partition coefficient (Wildman–Crippen LogP) is 3.64. The molecule has 0 spiro atoms. The molecule has 0 bridgehead atoms. The number of carbonyl (C=O) groups is 1. The number of rotatable bonds is 4. The first-order valence-electron chi connectivity index (χ1n) is 6.32. The number of amides is 1. The first kappa shape index (κ1) is 13.8. The number of carbonyl (C=O) groups excluding carboxylic acids is 1. The zero-order valence-electron chi connectivity index (χ0n) is 11.4. The fraction of sp³-hybridized carbons (Fsp3) is 0.533. The van der Waals surface area contributed by atoms with Crippen molar-refractivity contribution in [1.29, 1.82) is 0 Å². The topological polar surface area (TPSA) is 29.1 Å². The summed E-state index contributed by atoms with van der Waals surface area (Å²) in [6.07, 6.45) is 0.